The van der Waals surface area contributed by atoms with Gasteiger partial charge in [-0.1, -0.05) is 30.3 Å². The van der Waals surface area contributed by atoms with E-state index in [1.54, 1.807) is 6.92 Å². The Morgan fingerprint density at radius 3 is 2.38 bits per heavy atom. The Morgan fingerprint density at radius 1 is 1.38 bits per heavy atom. The summed E-state index contributed by atoms with van der Waals surface area (Å²) in [5, 5.41) is 8.47. The zero-order valence-electron chi connectivity index (χ0n) is 8.82. The van der Waals surface area contributed by atoms with Gasteiger partial charge in [0.1, 0.15) is 0 Å². The van der Waals surface area contributed by atoms with Crippen molar-refractivity contribution < 1.29 is 40.9 Å². The van der Waals surface area contributed by atoms with E-state index in [1.807, 2.05) is 30.3 Å². The predicted octanol–water partition coefficient (Wildman–Crippen LogP) is -0.709. The van der Waals surface area contributed by atoms with Crippen LogP contribution in [-0.2, 0) is 4.79 Å². The molecule has 0 aliphatic carbocycles. The molecule has 1 rings (SSSR count). The molecule has 0 fully saturated rings. The number of carboxylic acid groups (broad SMARTS) is 1. The van der Waals surface area contributed by atoms with Gasteiger partial charge < -0.3 is 6.53 Å². The number of aliphatic carboxylic acids is 1. The molecule has 0 bridgehead atoms. The van der Waals surface area contributed by atoms with Crippen LogP contribution in [0.3, 0.4) is 0 Å². The van der Waals surface area contributed by atoms with E-state index >= 15 is 0 Å². The van der Waals surface area contributed by atoms with Gasteiger partial charge in [-0.05, 0) is 18.1 Å². The summed E-state index contributed by atoms with van der Waals surface area (Å²) in [6.07, 6.45) is 1.20. The van der Waals surface area contributed by atoms with Crippen LogP contribution in [0.15, 0.2) is 36.4 Å². The third-order valence-corrected chi connectivity index (χ3v) is 1.57. The normalized spacial score (nSPS) is 10.4. The minimum atomic E-state index is -0.906. The molecule has 0 saturated carbocycles. The minimum Gasteiger partial charge on any atom is -1.00 e. The molecule has 0 spiro atoms. The fourth-order valence-electron chi connectivity index (χ4n) is 0.970. The summed E-state index contributed by atoms with van der Waals surface area (Å²) < 4.78 is 0. The van der Waals surface area contributed by atoms with Crippen LogP contribution in [0.2, 0.25) is 0 Å². The Morgan fingerprint density at radius 2 is 1.92 bits per heavy atom. The van der Waals surface area contributed by atoms with E-state index in [2.05, 4.69) is 0 Å². The number of benzene rings is 1. The van der Waals surface area contributed by atoms with Crippen molar-refractivity contribution in [2.24, 2.45) is 0 Å². The van der Waals surface area contributed by atoms with Gasteiger partial charge in [0.15, 0.2) is 0 Å². The maximum absolute atomic E-state index is 10.3. The summed E-state index contributed by atoms with van der Waals surface area (Å²) in [6.45, 7) is 1.78. The summed E-state index contributed by atoms with van der Waals surface area (Å²) >= 11 is 0. The van der Waals surface area contributed by atoms with Crippen molar-refractivity contribution in [1.82, 2.24) is 0 Å². The smallest absolute Gasteiger partial charge is 1.00 e. The van der Waals surface area contributed by atoms with Crippen molar-refractivity contribution in [2.75, 3.05) is 0 Å². The number of rotatable bonds is 2. The molecule has 13 heavy (non-hydrogen) atoms. The van der Waals surface area contributed by atoms with Crippen LogP contribution < -0.4 is 29.6 Å². The first-order valence-corrected chi connectivity index (χ1v) is 3.67. The van der Waals surface area contributed by atoms with Crippen LogP contribution in [0.1, 0.15) is 13.9 Å². The number of hydrogen-bond donors (Lipinski definition) is 1. The molecule has 0 aromatic heterocycles. The van der Waals surface area contributed by atoms with Gasteiger partial charge in [-0.25, -0.2) is 4.79 Å². The molecule has 0 aliphatic heterocycles. The van der Waals surface area contributed by atoms with Gasteiger partial charge >= 0.3 is 35.5 Å². The monoisotopic (exact) mass is 186 g/mol. The summed E-state index contributed by atoms with van der Waals surface area (Å²) in [5.74, 6) is -0.906. The van der Waals surface area contributed by atoms with Gasteiger partial charge in [0.05, 0.1) is 0 Å². The van der Waals surface area contributed by atoms with E-state index in [0.29, 0.717) is 0 Å². The average Bonchev–Trinajstić information content (AvgIpc) is 2.05. The van der Waals surface area contributed by atoms with Gasteiger partial charge in [0, 0.05) is 6.08 Å². The van der Waals surface area contributed by atoms with Crippen molar-refractivity contribution in [3.8, 4) is 0 Å². The second-order valence-electron chi connectivity index (χ2n) is 2.53. The largest absolute Gasteiger partial charge is 1.00 e. The molecule has 1 aromatic carbocycles. The number of allylic oxidation sites excluding steroid dienone is 1. The van der Waals surface area contributed by atoms with Crippen LogP contribution in [0.4, 0.5) is 0 Å². The third-order valence-electron chi connectivity index (χ3n) is 1.57. The van der Waals surface area contributed by atoms with Gasteiger partial charge in [0.25, 0.3) is 0 Å². The van der Waals surface area contributed by atoms with E-state index in [9.17, 15) is 4.79 Å². The van der Waals surface area contributed by atoms with Gasteiger partial charge in [-0.3, -0.25) is 0 Å². The molecule has 1 aromatic rings. The van der Waals surface area contributed by atoms with Crippen molar-refractivity contribution in [1.29, 1.82) is 0 Å². The molecule has 2 nitrogen and oxygen atoms in total. The molecule has 0 unspecified atom stereocenters. The molecule has 0 amide bonds. The molecule has 0 heterocycles. The molecule has 1 N–H and O–H groups in total. The number of hydrogen-bond acceptors (Lipinski definition) is 1. The molecule has 0 saturated heterocycles. The van der Waals surface area contributed by atoms with Crippen molar-refractivity contribution >= 4 is 11.5 Å². The Kier molecular flexibility index (Phi) is 5.71. The van der Waals surface area contributed by atoms with E-state index in [0.717, 1.165) is 11.1 Å². The Balaban J connectivity index is 0. The summed E-state index contributed by atoms with van der Waals surface area (Å²) in [5.41, 5.74) is 1.71. The van der Waals surface area contributed by atoms with Crippen molar-refractivity contribution in [3.05, 3.63) is 42.0 Å². The molecule has 0 radical (unpaired) electrons. The number of carboxylic acids is 1. The quantitative estimate of drug-likeness (QED) is 0.489. The summed E-state index contributed by atoms with van der Waals surface area (Å²) in [4.78, 5) is 10.3. The van der Waals surface area contributed by atoms with Crippen LogP contribution in [0, 0.1) is 0 Å². The fraction of sp³-hybridized carbons (Fsp3) is 0.100. The van der Waals surface area contributed by atoms with E-state index in [1.165, 1.54) is 6.08 Å². The van der Waals surface area contributed by atoms with Crippen LogP contribution in [0.5, 0.6) is 0 Å². The Hall–Kier alpha value is -0.570. The molecule has 0 aliphatic rings. The van der Waals surface area contributed by atoms with Crippen LogP contribution in [-0.4, -0.2) is 11.1 Å². The van der Waals surface area contributed by atoms with E-state index in [-0.39, 0.29) is 31.0 Å². The number of carbonyl (C=O) groups is 1. The standard InChI is InChI=1S/C10H10O2.Na.H/c1-8(7-10(11)12)9-5-3-2-4-6-9;;/h2-7H,1H3,(H,11,12);;/q;+1;-1. The minimum absolute atomic E-state index is 0. The molecule has 0 atom stereocenters. The van der Waals surface area contributed by atoms with E-state index < -0.39 is 5.97 Å². The first-order valence-electron chi connectivity index (χ1n) is 3.67. The maximum Gasteiger partial charge on any atom is 1.00 e. The molecule has 3 heteroatoms. The second kappa shape index (κ2) is 5.97. The molecule has 64 valence electrons. The first kappa shape index (κ1) is 12.4. The van der Waals surface area contributed by atoms with Crippen LogP contribution in [0.25, 0.3) is 5.57 Å². The fourth-order valence-corrected chi connectivity index (χ4v) is 0.970. The van der Waals surface area contributed by atoms with Crippen molar-refractivity contribution in [2.45, 2.75) is 6.92 Å². The maximum atomic E-state index is 10.3. The molecular weight excluding hydrogens is 175 g/mol. The molecular formula is C10H11NaO2. The van der Waals surface area contributed by atoms with Gasteiger partial charge in [-0.2, -0.15) is 0 Å². The average molecular weight is 186 g/mol. The zero-order chi connectivity index (χ0) is 8.97. The van der Waals surface area contributed by atoms with Gasteiger partial charge in [0.2, 0.25) is 0 Å². The Labute approximate surface area is 101 Å². The summed E-state index contributed by atoms with van der Waals surface area (Å²) in [7, 11) is 0. The first-order chi connectivity index (χ1) is 5.70. The van der Waals surface area contributed by atoms with Crippen LogP contribution >= 0.6 is 0 Å². The SMILES string of the molecule is CC(=CC(=O)O)c1ccccc1.[H-].[Na+]. The topological polar surface area (TPSA) is 37.3 Å². The van der Waals surface area contributed by atoms with E-state index in [4.69, 9.17) is 5.11 Å². The third kappa shape index (κ3) is 4.27. The van der Waals surface area contributed by atoms with Gasteiger partial charge in [-0.15, -0.1) is 0 Å². The second-order valence-corrected chi connectivity index (χ2v) is 2.53. The zero-order valence-corrected chi connectivity index (χ0v) is 9.82. The predicted molar refractivity (Wildman–Crippen MR) is 48.8 cm³/mol. The Bertz CT molecular complexity index is 309. The van der Waals surface area contributed by atoms with Crippen molar-refractivity contribution in [3.63, 3.8) is 0 Å². The summed E-state index contributed by atoms with van der Waals surface area (Å²) in [6, 6.07) is 9.43.